The molecule has 0 aromatic heterocycles. The fourth-order valence-corrected chi connectivity index (χ4v) is 4.59. The van der Waals surface area contributed by atoms with Crippen LogP contribution in [0.15, 0.2) is 42.5 Å². The van der Waals surface area contributed by atoms with Gasteiger partial charge in [0.2, 0.25) is 0 Å². The Hall–Kier alpha value is -2.48. The molecule has 1 fully saturated rings. The molecule has 3 rings (SSSR count). The van der Waals surface area contributed by atoms with Crippen molar-refractivity contribution in [3.05, 3.63) is 64.4 Å². The SMILES string of the molecule is CCC(N)(C(C)=O)c1cc(Cl)ccc1OCC(=O)N1CC(C)N(Cc2ccc(F)cc2)CC1C. The van der Waals surface area contributed by atoms with Crippen molar-refractivity contribution in [2.45, 2.75) is 58.3 Å². The minimum absolute atomic E-state index is 0.0149. The maximum Gasteiger partial charge on any atom is 0.260 e. The van der Waals surface area contributed by atoms with Crippen LogP contribution in [0.1, 0.15) is 45.2 Å². The zero-order valence-corrected chi connectivity index (χ0v) is 20.9. The van der Waals surface area contributed by atoms with E-state index in [0.717, 1.165) is 5.56 Å². The second kappa shape index (κ2) is 10.8. The summed E-state index contributed by atoms with van der Waals surface area (Å²) in [4.78, 5) is 29.5. The number of carbonyl (C=O) groups excluding carboxylic acids is 2. The van der Waals surface area contributed by atoms with Crippen molar-refractivity contribution in [3.8, 4) is 5.75 Å². The first kappa shape index (κ1) is 26.1. The summed E-state index contributed by atoms with van der Waals surface area (Å²) < 4.78 is 19.1. The summed E-state index contributed by atoms with van der Waals surface area (Å²) in [6.45, 7) is 9.13. The molecule has 3 unspecified atom stereocenters. The predicted molar refractivity (Wildman–Crippen MR) is 131 cm³/mol. The molecule has 3 atom stereocenters. The smallest absolute Gasteiger partial charge is 0.260 e. The Morgan fingerprint density at radius 2 is 1.82 bits per heavy atom. The molecule has 6 nitrogen and oxygen atoms in total. The monoisotopic (exact) mass is 489 g/mol. The molecule has 1 aliphatic rings. The fraction of sp³-hybridized carbons (Fsp3) is 0.462. The van der Waals surface area contributed by atoms with E-state index in [1.54, 1.807) is 30.3 Å². The molecule has 2 aromatic rings. The van der Waals surface area contributed by atoms with Crippen LogP contribution in [0.25, 0.3) is 0 Å². The fourth-order valence-electron chi connectivity index (χ4n) is 4.42. The molecule has 34 heavy (non-hydrogen) atoms. The summed E-state index contributed by atoms with van der Waals surface area (Å²) >= 11 is 6.16. The number of rotatable bonds is 8. The first-order valence-corrected chi connectivity index (χ1v) is 11.9. The number of nitrogens with two attached hydrogens (primary N) is 1. The van der Waals surface area contributed by atoms with E-state index in [4.69, 9.17) is 22.1 Å². The number of hydrogen-bond donors (Lipinski definition) is 1. The number of carbonyl (C=O) groups is 2. The zero-order valence-electron chi connectivity index (χ0n) is 20.2. The summed E-state index contributed by atoms with van der Waals surface area (Å²) in [7, 11) is 0. The molecule has 184 valence electrons. The van der Waals surface area contributed by atoms with Gasteiger partial charge in [0.05, 0.1) is 0 Å². The van der Waals surface area contributed by atoms with E-state index in [0.29, 0.717) is 42.4 Å². The second-order valence-electron chi connectivity index (χ2n) is 9.11. The van der Waals surface area contributed by atoms with Crippen LogP contribution in [-0.4, -0.2) is 53.3 Å². The molecule has 0 saturated carbocycles. The molecule has 8 heteroatoms. The van der Waals surface area contributed by atoms with Crippen LogP contribution in [0.3, 0.4) is 0 Å². The van der Waals surface area contributed by atoms with Gasteiger partial charge in [-0.25, -0.2) is 4.39 Å². The van der Waals surface area contributed by atoms with Gasteiger partial charge in [0.25, 0.3) is 5.91 Å². The lowest BCUT2D eigenvalue weighted by molar-refractivity contribution is -0.139. The molecule has 0 spiro atoms. The number of ether oxygens (including phenoxy) is 1. The highest BCUT2D eigenvalue weighted by molar-refractivity contribution is 6.30. The Bertz CT molecular complexity index is 1030. The van der Waals surface area contributed by atoms with Gasteiger partial charge in [-0.05, 0) is 63.1 Å². The van der Waals surface area contributed by atoms with Gasteiger partial charge in [0.1, 0.15) is 17.1 Å². The largest absolute Gasteiger partial charge is 0.483 e. The number of Topliss-reactive ketones (excluding diaryl/α,β-unsaturated/α-hetero) is 1. The van der Waals surface area contributed by atoms with Crippen LogP contribution in [0, 0.1) is 5.82 Å². The van der Waals surface area contributed by atoms with Crippen molar-refractivity contribution in [1.82, 2.24) is 9.80 Å². The molecule has 1 aliphatic heterocycles. The van der Waals surface area contributed by atoms with Crippen molar-refractivity contribution in [1.29, 1.82) is 0 Å². The minimum Gasteiger partial charge on any atom is -0.483 e. The number of ketones is 1. The standard InChI is InChI=1S/C26H33ClFN3O3/c1-5-26(29,19(4)32)23-12-21(27)8-11-24(23)34-16-25(33)31-14-17(2)30(13-18(31)3)15-20-6-9-22(28)10-7-20/h6-12,17-18H,5,13-16,29H2,1-4H3. The molecule has 0 radical (unpaired) electrons. The van der Waals surface area contributed by atoms with Gasteiger partial charge in [-0.15, -0.1) is 0 Å². The molecule has 0 bridgehead atoms. The normalized spacial score (nSPS) is 20.6. The van der Waals surface area contributed by atoms with Crippen molar-refractivity contribution in [2.75, 3.05) is 19.7 Å². The van der Waals surface area contributed by atoms with Crippen LogP contribution < -0.4 is 10.5 Å². The van der Waals surface area contributed by atoms with Crippen LogP contribution in [0.2, 0.25) is 5.02 Å². The van der Waals surface area contributed by atoms with Crippen LogP contribution in [0.4, 0.5) is 4.39 Å². The van der Waals surface area contributed by atoms with Gasteiger partial charge in [-0.2, -0.15) is 0 Å². The summed E-state index contributed by atoms with van der Waals surface area (Å²) in [5.74, 6) is -0.205. The van der Waals surface area contributed by atoms with E-state index < -0.39 is 5.54 Å². The summed E-state index contributed by atoms with van der Waals surface area (Å²) in [6.07, 6.45) is 0.373. The number of halogens is 2. The number of piperazine rings is 1. The molecule has 1 saturated heterocycles. The van der Waals surface area contributed by atoms with Gasteiger partial charge in [-0.1, -0.05) is 30.7 Å². The van der Waals surface area contributed by atoms with Gasteiger partial charge < -0.3 is 15.4 Å². The number of benzene rings is 2. The van der Waals surface area contributed by atoms with E-state index in [1.165, 1.54) is 19.1 Å². The van der Waals surface area contributed by atoms with Gasteiger partial charge in [-0.3, -0.25) is 14.5 Å². The summed E-state index contributed by atoms with van der Waals surface area (Å²) in [5, 5.41) is 0.443. The van der Waals surface area contributed by atoms with E-state index >= 15 is 0 Å². The highest BCUT2D eigenvalue weighted by Crippen LogP contribution is 2.34. The Morgan fingerprint density at radius 3 is 2.44 bits per heavy atom. The molecular weight excluding hydrogens is 457 g/mol. The van der Waals surface area contributed by atoms with Crippen molar-refractivity contribution >= 4 is 23.3 Å². The lowest BCUT2D eigenvalue weighted by atomic mass is 9.84. The van der Waals surface area contributed by atoms with Crippen LogP contribution >= 0.6 is 11.6 Å². The van der Waals surface area contributed by atoms with E-state index in [9.17, 15) is 14.0 Å². The van der Waals surface area contributed by atoms with Gasteiger partial charge in [0.15, 0.2) is 12.4 Å². The molecule has 2 N–H and O–H groups in total. The Morgan fingerprint density at radius 1 is 1.15 bits per heavy atom. The van der Waals surface area contributed by atoms with Crippen molar-refractivity contribution in [2.24, 2.45) is 5.73 Å². The maximum absolute atomic E-state index is 13.2. The highest BCUT2D eigenvalue weighted by Gasteiger charge is 2.35. The maximum atomic E-state index is 13.2. The second-order valence-corrected chi connectivity index (χ2v) is 9.55. The van der Waals surface area contributed by atoms with Gasteiger partial charge >= 0.3 is 0 Å². The topological polar surface area (TPSA) is 75.9 Å². The average molecular weight is 490 g/mol. The first-order chi connectivity index (χ1) is 16.0. The van der Waals surface area contributed by atoms with Crippen LogP contribution in [-0.2, 0) is 21.7 Å². The summed E-state index contributed by atoms with van der Waals surface area (Å²) in [5.41, 5.74) is 6.67. The van der Waals surface area contributed by atoms with E-state index in [2.05, 4.69) is 11.8 Å². The molecule has 1 amide bonds. The Labute approximate surface area is 205 Å². The van der Waals surface area contributed by atoms with Crippen LogP contribution in [0.5, 0.6) is 5.75 Å². The zero-order chi connectivity index (χ0) is 25.0. The summed E-state index contributed by atoms with van der Waals surface area (Å²) in [6, 6.07) is 11.6. The van der Waals surface area contributed by atoms with Gasteiger partial charge in [0, 0.05) is 42.3 Å². The van der Waals surface area contributed by atoms with E-state index in [-0.39, 0.29) is 36.2 Å². The molecule has 0 aliphatic carbocycles. The first-order valence-electron chi connectivity index (χ1n) is 11.6. The molecular formula is C26H33ClFN3O3. The number of hydrogen-bond acceptors (Lipinski definition) is 5. The van der Waals surface area contributed by atoms with Crippen molar-refractivity contribution < 1.29 is 18.7 Å². The van der Waals surface area contributed by atoms with Crippen molar-refractivity contribution in [3.63, 3.8) is 0 Å². The lowest BCUT2D eigenvalue weighted by Crippen LogP contribution is -2.58. The quantitative estimate of drug-likeness (QED) is 0.603. The van der Waals surface area contributed by atoms with E-state index in [1.807, 2.05) is 18.7 Å². The average Bonchev–Trinajstić information content (AvgIpc) is 2.80. The number of nitrogens with zero attached hydrogens (tertiary/aromatic N) is 2. The molecule has 2 aromatic carbocycles. The third-order valence-corrected chi connectivity index (χ3v) is 6.93. The number of amides is 1. The predicted octanol–water partition coefficient (Wildman–Crippen LogP) is 4.13. The Balaban J connectivity index is 1.67. The third-order valence-electron chi connectivity index (χ3n) is 6.69. The third kappa shape index (κ3) is 5.77. The highest BCUT2D eigenvalue weighted by atomic mass is 35.5. The molecule has 1 heterocycles. The minimum atomic E-state index is -1.24. The Kier molecular flexibility index (Phi) is 8.34. The lowest BCUT2D eigenvalue weighted by Gasteiger charge is -2.44.